The Labute approximate surface area is 148 Å². The Morgan fingerprint density at radius 2 is 1.48 bits per heavy atom. The van der Waals surface area contributed by atoms with Crippen LogP contribution in [0.4, 0.5) is 11.4 Å². The zero-order chi connectivity index (χ0) is 17.8. The van der Waals surface area contributed by atoms with Crippen LogP contribution in [-0.2, 0) is 9.59 Å². The monoisotopic (exact) mass is 337 g/mol. The van der Waals surface area contributed by atoms with Gasteiger partial charge in [-0.3, -0.25) is 9.59 Å². The number of rotatable bonds is 2. The van der Waals surface area contributed by atoms with Crippen molar-refractivity contribution in [3.8, 4) is 0 Å². The molecule has 1 aliphatic rings. The molecule has 0 radical (unpaired) electrons. The van der Waals surface area contributed by atoms with Crippen molar-refractivity contribution >= 4 is 23.2 Å². The standard InChI is InChI=1S/C20H23N3O2/c1-15-12-16(2)14-17(13-15)21-19(24)20(25)23-10-8-22(9-11-23)18-6-4-3-5-7-18/h3-7,12-14H,8-11H2,1-2H3,(H,21,24). The molecule has 1 heterocycles. The Bertz CT molecular complexity index is 746. The lowest BCUT2D eigenvalue weighted by molar-refractivity contribution is -0.143. The Morgan fingerprint density at radius 3 is 2.08 bits per heavy atom. The molecule has 0 unspecified atom stereocenters. The van der Waals surface area contributed by atoms with E-state index in [0.29, 0.717) is 18.8 Å². The second-order valence-corrected chi connectivity index (χ2v) is 6.45. The molecule has 0 aliphatic carbocycles. The smallest absolute Gasteiger partial charge is 0.313 e. The van der Waals surface area contributed by atoms with Crippen LogP contribution in [0.15, 0.2) is 48.5 Å². The second kappa shape index (κ2) is 7.38. The van der Waals surface area contributed by atoms with E-state index >= 15 is 0 Å². The number of nitrogens with zero attached hydrogens (tertiary/aromatic N) is 2. The minimum absolute atomic E-state index is 0.466. The van der Waals surface area contributed by atoms with Gasteiger partial charge >= 0.3 is 11.8 Å². The van der Waals surface area contributed by atoms with Crippen molar-refractivity contribution in [1.29, 1.82) is 0 Å². The number of benzene rings is 2. The average molecular weight is 337 g/mol. The molecule has 3 rings (SSSR count). The number of carbonyl (C=O) groups excluding carboxylic acids is 2. The molecule has 5 heteroatoms. The van der Waals surface area contributed by atoms with Crippen LogP contribution in [0, 0.1) is 13.8 Å². The highest BCUT2D eigenvalue weighted by Crippen LogP contribution is 2.17. The molecule has 1 fully saturated rings. The molecule has 5 nitrogen and oxygen atoms in total. The van der Waals surface area contributed by atoms with E-state index in [9.17, 15) is 9.59 Å². The molecule has 130 valence electrons. The lowest BCUT2D eigenvalue weighted by Crippen LogP contribution is -2.51. The van der Waals surface area contributed by atoms with Gasteiger partial charge in [0.15, 0.2) is 0 Å². The van der Waals surface area contributed by atoms with Gasteiger partial charge in [0.2, 0.25) is 0 Å². The maximum atomic E-state index is 12.4. The second-order valence-electron chi connectivity index (χ2n) is 6.45. The van der Waals surface area contributed by atoms with E-state index in [2.05, 4.69) is 22.3 Å². The van der Waals surface area contributed by atoms with E-state index in [1.54, 1.807) is 4.90 Å². The highest BCUT2D eigenvalue weighted by atomic mass is 16.2. The van der Waals surface area contributed by atoms with Gasteiger partial charge in [0.25, 0.3) is 0 Å². The van der Waals surface area contributed by atoms with Crippen LogP contribution in [0.25, 0.3) is 0 Å². The first kappa shape index (κ1) is 17.0. The first-order valence-electron chi connectivity index (χ1n) is 8.51. The van der Waals surface area contributed by atoms with Gasteiger partial charge in [-0.2, -0.15) is 0 Å². The number of nitrogens with one attached hydrogen (secondary N) is 1. The summed E-state index contributed by atoms with van der Waals surface area (Å²) in [5.74, 6) is -1.04. The summed E-state index contributed by atoms with van der Waals surface area (Å²) in [7, 11) is 0. The van der Waals surface area contributed by atoms with Crippen LogP contribution in [0.3, 0.4) is 0 Å². The van der Waals surface area contributed by atoms with Crippen molar-refractivity contribution < 1.29 is 9.59 Å². The number of carbonyl (C=O) groups is 2. The normalized spacial score (nSPS) is 14.3. The van der Waals surface area contributed by atoms with Crippen molar-refractivity contribution in [2.24, 2.45) is 0 Å². The van der Waals surface area contributed by atoms with Crippen molar-refractivity contribution in [1.82, 2.24) is 4.90 Å². The third kappa shape index (κ3) is 4.18. The van der Waals surface area contributed by atoms with Gasteiger partial charge in [0.1, 0.15) is 0 Å². The molecular formula is C20H23N3O2. The molecule has 25 heavy (non-hydrogen) atoms. The Morgan fingerprint density at radius 1 is 0.880 bits per heavy atom. The Hall–Kier alpha value is -2.82. The van der Waals surface area contributed by atoms with Gasteiger partial charge in [0, 0.05) is 37.6 Å². The average Bonchev–Trinajstić information content (AvgIpc) is 2.61. The van der Waals surface area contributed by atoms with Crippen molar-refractivity contribution in [3.05, 3.63) is 59.7 Å². The lowest BCUT2D eigenvalue weighted by atomic mass is 10.1. The highest BCUT2D eigenvalue weighted by molar-refractivity contribution is 6.39. The summed E-state index contributed by atoms with van der Waals surface area (Å²) < 4.78 is 0. The minimum Gasteiger partial charge on any atom is -0.368 e. The molecule has 0 atom stereocenters. The summed E-state index contributed by atoms with van der Waals surface area (Å²) in [6, 6.07) is 15.9. The van der Waals surface area contributed by atoms with Gasteiger partial charge in [0.05, 0.1) is 0 Å². The molecular weight excluding hydrogens is 314 g/mol. The molecule has 2 aromatic rings. The number of anilines is 2. The molecule has 2 aromatic carbocycles. The van der Waals surface area contributed by atoms with Crippen LogP contribution < -0.4 is 10.2 Å². The molecule has 1 aliphatic heterocycles. The fourth-order valence-electron chi connectivity index (χ4n) is 3.18. The minimum atomic E-state index is -0.571. The molecule has 1 saturated heterocycles. The summed E-state index contributed by atoms with van der Waals surface area (Å²) in [5.41, 5.74) is 3.92. The fraction of sp³-hybridized carbons (Fsp3) is 0.300. The molecule has 0 spiro atoms. The number of amides is 2. The first-order valence-corrected chi connectivity index (χ1v) is 8.51. The molecule has 0 saturated carbocycles. The number of hydrogen-bond acceptors (Lipinski definition) is 3. The fourth-order valence-corrected chi connectivity index (χ4v) is 3.18. The summed E-state index contributed by atoms with van der Waals surface area (Å²) in [6.45, 7) is 6.49. The van der Waals surface area contributed by atoms with Crippen molar-refractivity contribution in [3.63, 3.8) is 0 Å². The van der Waals surface area contributed by atoms with Crippen LogP contribution >= 0.6 is 0 Å². The summed E-state index contributed by atoms with van der Waals surface area (Å²) in [6.07, 6.45) is 0. The number of aryl methyl sites for hydroxylation is 2. The van der Waals surface area contributed by atoms with Crippen LogP contribution in [0.5, 0.6) is 0 Å². The maximum Gasteiger partial charge on any atom is 0.313 e. The molecule has 1 N–H and O–H groups in total. The van der Waals surface area contributed by atoms with E-state index in [1.165, 1.54) is 0 Å². The largest absolute Gasteiger partial charge is 0.368 e. The molecule has 2 amide bonds. The van der Waals surface area contributed by atoms with Crippen LogP contribution in [0.1, 0.15) is 11.1 Å². The van der Waals surface area contributed by atoms with Gasteiger partial charge < -0.3 is 15.1 Å². The number of hydrogen-bond donors (Lipinski definition) is 1. The maximum absolute atomic E-state index is 12.4. The first-order chi connectivity index (χ1) is 12.0. The van der Waals surface area contributed by atoms with E-state index < -0.39 is 11.8 Å². The van der Waals surface area contributed by atoms with Crippen molar-refractivity contribution in [2.75, 3.05) is 36.4 Å². The predicted octanol–water partition coefficient (Wildman–Crippen LogP) is 2.59. The van der Waals surface area contributed by atoms with E-state index in [-0.39, 0.29) is 0 Å². The van der Waals surface area contributed by atoms with Gasteiger partial charge in [-0.1, -0.05) is 24.3 Å². The third-order valence-electron chi connectivity index (χ3n) is 4.36. The zero-order valence-electron chi connectivity index (χ0n) is 14.7. The van der Waals surface area contributed by atoms with Gasteiger partial charge in [-0.15, -0.1) is 0 Å². The predicted molar refractivity (Wildman–Crippen MR) is 99.8 cm³/mol. The van der Waals surface area contributed by atoms with Crippen LogP contribution in [-0.4, -0.2) is 42.9 Å². The Kier molecular flexibility index (Phi) is 5.03. The van der Waals surface area contributed by atoms with E-state index in [1.807, 2.05) is 50.2 Å². The molecule has 0 aromatic heterocycles. The summed E-state index contributed by atoms with van der Waals surface area (Å²) in [5, 5.41) is 2.72. The topological polar surface area (TPSA) is 52.7 Å². The molecule has 0 bridgehead atoms. The quantitative estimate of drug-likeness (QED) is 0.857. The van der Waals surface area contributed by atoms with Crippen molar-refractivity contribution in [2.45, 2.75) is 13.8 Å². The van der Waals surface area contributed by atoms with E-state index in [4.69, 9.17) is 0 Å². The van der Waals surface area contributed by atoms with Gasteiger partial charge in [-0.05, 0) is 49.2 Å². The highest BCUT2D eigenvalue weighted by Gasteiger charge is 2.26. The van der Waals surface area contributed by atoms with Gasteiger partial charge in [-0.25, -0.2) is 0 Å². The number of piperazine rings is 1. The SMILES string of the molecule is Cc1cc(C)cc(NC(=O)C(=O)N2CCN(c3ccccc3)CC2)c1. The number of para-hydroxylation sites is 1. The third-order valence-corrected chi connectivity index (χ3v) is 4.36. The zero-order valence-corrected chi connectivity index (χ0v) is 14.7. The summed E-state index contributed by atoms with van der Waals surface area (Å²) >= 11 is 0. The van der Waals surface area contributed by atoms with E-state index in [0.717, 1.165) is 29.9 Å². The van der Waals surface area contributed by atoms with Crippen LogP contribution in [0.2, 0.25) is 0 Å². The Balaban J connectivity index is 1.57. The lowest BCUT2D eigenvalue weighted by Gasteiger charge is -2.35. The summed E-state index contributed by atoms with van der Waals surface area (Å²) in [4.78, 5) is 28.5.